The smallest absolute Gasteiger partial charge is 0.226 e. The lowest BCUT2D eigenvalue weighted by molar-refractivity contribution is -0.115. The summed E-state index contributed by atoms with van der Waals surface area (Å²) in [6.45, 7) is 0.533. The Kier molecular flexibility index (Phi) is 5.91. The minimum Gasteiger partial charge on any atom is -0.385 e. The van der Waals surface area contributed by atoms with E-state index >= 15 is 0 Å². The summed E-state index contributed by atoms with van der Waals surface area (Å²) in [4.78, 5) is 11.9. The minimum absolute atomic E-state index is 0.122. The van der Waals surface area contributed by atoms with Gasteiger partial charge in [-0.15, -0.1) is 0 Å². The Morgan fingerprint density at radius 3 is 2.52 bits per heavy atom. The second kappa shape index (κ2) is 7.69. The zero-order valence-corrected chi connectivity index (χ0v) is 14.1. The largest absolute Gasteiger partial charge is 0.385 e. The number of nitrogens with one attached hydrogen (secondary N) is 2. The maximum absolute atomic E-state index is 11.9. The van der Waals surface area contributed by atoms with Crippen LogP contribution in [0.2, 0.25) is 10.0 Å². The van der Waals surface area contributed by atoms with E-state index in [0.717, 1.165) is 10.2 Å². The molecule has 0 unspecified atom stereocenters. The highest BCUT2D eigenvalue weighted by Gasteiger charge is 2.07. The summed E-state index contributed by atoms with van der Waals surface area (Å²) in [7, 11) is 0. The molecule has 0 aliphatic rings. The van der Waals surface area contributed by atoms with Crippen LogP contribution in [-0.4, -0.2) is 12.5 Å². The van der Waals surface area contributed by atoms with Crippen molar-refractivity contribution in [1.82, 2.24) is 0 Å². The maximum Gasteiger partial charge on any atom is 0.226 e. The van der Waals surface area contributed by atoms with Gasteiger partial charge in [0.2, 0.25) is 5.91 Å². The number of benzene rings is 2. The Morgan fingerprint density at radius 2 is 1.81 bits per heavy atom. The quantitative estimate of drug-likeness (QED) is 0.740. The molecule has 3 nitrogen and oxygen atoms in total. The van der Waals surface area contributed by atoms with Crippen molar-refractivity contribution in [3.8, 4) is 0 Å². The second-order valence-corrected chi connectivity index (χ2v) is 6.03. The van der Waals surface area contributed by atoms with E-state index in [1.807, 2.05) is 24.3 Å². The van der Waals surface area contributed by atoms with Gasteiger partial charge < -0.3 is 10.6 Å². The van der Waals surface area contributed by atoms with Crippen molar-refractivity contribution in [1.29, 1.82) is 0 Å². The molecule has 0 aromatic heterocycles. The molecule has 0 bridgehead atoms. The monoisotopic (exact) mass is 386 g/mol. The van der Waals surface area contributed by atoms with E-state index in [9.17, 15) is 4.79 Å². The van der Waals surface area contributed by atoms with Gasteiger partial charge in [-0.2, -0.15) is 0 Å². The van der Waals surface area contributed by atoms with Crippen molar-refractivity contribution in [2.45, 2.75) is 6.42 Å². The molecule has 0 aliphatic carbocycles. The lowest BCUT2D eigenvalue weighted by Crippen LogP contribution is -2.16. The van der Waals surface area contributed by atoms with Crippen LogP contribution in [0.1, 0.15) is 6.42 Å². The highest BCUT2D eigenvalue weighted by Crippen LogP contribution is 2.29. The molecular formula is C15H13BrCl2N2O. The first-order chi connectivity index (χ1) is 10.1. The van der Waals surface area contributed by atoms with Crippen molar-refractivity contribution in [2.24, 2.45) is 0 Å². The first-order valence-electron chi connectivity index (χ1n) is 6.29. The number of anilines is 2. The van der Waals surface area contributed by atoms with Crippen LogP contribution in [-0.2, 0) is 4.79 Å². The summed E-state index contributed by atoms with van der Waals surface area (Å²) in [5.74, 6) is -0.122. The highest BCUT2D eigenvalue weighted by atomic mass is 79.9. The minimum atomic E-state index is -0.122. The number of amides is 1. The van der Waals surface area contributed by atoms with Crippen LogP contribution in [0, 0.1) is 0 Å². The topological polar surface area (TPSA) is 41.1 Å². The number of rotatable bonds is 5. The van der Waals surface area contributed by atoms with Crippen LogP contribution >= 0.6 is 39.1 Å². The van der Waals surface area contributed by atoms with E-state index < -0.39 is 0 Å². The Labute approximate surface area is 141 Å². The van der Waals surface area contributed by atoms with E-state index in [-0.39, 0.29) is 5.91 Å². The number of carbonyl (C=O) groups is 1. The Bertz CT molecular complexity index is 632. The van der Waals surface area contributed by atoms with Crippen LogP contribution in [0.5, 0.6) is 0 Å². The summed E-state index contributed by atoms with van der Waals surface area (Å²) < 4.78 is 1.02. The molecule has 2 aromatic carbocycles. The van der Waals surface area contributed by atoms with Crippen LogP contribution in [0.25, 0.3) is 0 Å². The van der Waals surface area contributed by atoms with Crippen molar-refractivity contribution < 1.29 is 4.79 Å². The van der Waals surface area contributed by atoms with E-state index in [1.54, 1.807) is 18.2 Å². The molecule has 0 saturated carbocycles. The summed E-state index contributed by atoms with van der Waals surface area (Å²) in [5.41, 5.74) is 1.49. The normalized spacial score (nSPS) is 10.2. The summed E-state index contributed by atoms with van der Waals surface area (Å²) in [5, 5.41) is 6.69. The first kappa shape index (κ1) is 16.1. The SMILES string of the molecule is O=C(CCNc1ccc(Br)cc1)Nc1cccc(Cl)c1Cl. The zero-order valence-electron chi connectivity index (χ0n) is 11.0. The number of carbonyl (C=O) groups excluding carboxylic acids is 1. The molecule has 0 heterocycles. The molecule has 6 heteroatoms. The lowest BCUT2D eigenvalue weighted by Gasteiger charge is -2.09. The summed E-state index contributed by atoms with van der Waals surface area (Å²) in [6.07, 6.45) is 0.332. The third kappa shape index (κ3) is 4.92. The lowest BCUT2D eigenvalue weighted by atomic mass is 10.3. The molecule has 0 radical (unpaired) electrons. The van der Waals surface area contributed by atoms with Gasteiger partial charge in [-0.05, 0) is 36.4 Å². The molecular weight excluding hydrogens is 375 g/mol. The van der Waals surface area contributed by atoms with Gasteiger partial charge in [0.15, 0.2) is 0 Å². The predicted molar refractivity (Wildman–Crippen MR) is 92.3 cm³/mol. The third-order valence-electron chi connectivity index (χ3n) is 2.75. The number of hydrogen-bond donors (Lipinski definition) is 2. The van der Waals surface area contributed by atoms with E-state index in [4.69, 9.17) is 23.2 Å². The molecule has 2 rings (SSSR count). The molecule has 2 N–H and O–H groups in total. The van der Waals surface area contributed by atoms with Gasteiger partial charge in [0.1, 0.15) is 0 Å². The standard InChI is InChI=1S/C15H13BrCl2N2O/c16-10-4-6-11(7-5-10)19-9-8-14(21)20-13-3-1-2-12(17)15(13)18/h1-7,19H,8-9H2,(H,20,21). The van der Waals surface area contributed by atoms with Crippen LogP contribution in [0.15, 0.2) is 46.9 Å². The highest BCUT2D eigenvalue weighted by molar-refractivity contribution is 9.10. The fourth-order valence-corrected chi connectivity index (χ4v) is 2.31. The van der Waals surface area contributed by atoms with Crippen molar-refractivity contribution in [3.63, 3.8) is 0 Å². The number of hydrogen-bond acceptors (Lipinski definition) is 2. The molecule has 110 valence electrons. The van der Waals surface area contributed by atoms with Crippen molar-refractivity contribution >= 4 is 56.4 Å². The molecule has 1 amide bonds. The molecule has 0 saturated heterocycles. The Morgan fingerprint density at radius 1 is 1.10 bits per heavy atom. The first-order valence-corrected chi connectivity index (χ1v) is 7.84. The predicted octanol–water partition coefficient (Wildman–Crippen LogP) is 5.20. The van der Waals surface area contributed by atoms with Crippen molar-refractivity contribution in [3.05, 3.63) is 57.0 Å². The van der Waals surface area contributed by atoms with Gasteiger partial charge in [0.05, 0.1) is 15.7 Å². The van der Waals surface area contributed by atoms with E-state index in [1.165, 1.54) is 0 Å². The summed E-state index contributed by atoms with van der Waals surface area (Å²) in [6, 6.07) is 12.9. The molecule has 0 spiro atoms. The summed E-state index contributed by atoms with van der Waals surface area (Å²) >= 11 is 15.3. The van der Waals surface area contributed by atoms with Gasteiger partial charge in [-0.1, -0.05) is 45.2 Å². The van der Waals surface area contributed by atoms with Gasteiger partial charge >= 0.3 is 0 Å². The van der Waals surface area contributed by atoms with Gasteiger partial charge in [-0.25, -0.2) is 0 Å². The van der Waals surface area contributed by atoms with E-state index in [2.05, 4.69) is 26.6 Å². The fourth-order valence-electron chi connectivity index (χ4n) is 1.70. The van der Waals surface area contributed by atoms with E-state index in [0.29, 0.717) is 28.7 Å². The zero-order chi connectivity index (χ0) is 15.2. The average molecular weight is 388 g/mol. The number of halogens is 3. The molecule has 0 atom stereocenters. The Balaban J connectivity index is 1.82. The maximum atomic E-state index is 11.9. The second-order valence-electron chi connectivity index (χ2n) is 4.33. The van der Waals surface area contributed by atoms with Crippen LogP contribution in [0.3, 0.4) is 0 Å². The average Bonchev–Trinajstić information content (AvgIpc) is 2.46. The van der Waals surface area contributed by atoms with Crippen LogP contribution in [0.4, 0.5) is 11.4 Å². The van der Waals surface area contributed by atoms with Gasteiger partial charge in [0.25, 0.3) is 0 Å². The third-order valence-corrected chi connectivity index (χ3v) is 4.10. The molecule has 2 aromatic rings. The molecule has 0 aliphatic heterocycles. The molecule has 21 heavy (non-hydrogen) atoms. The van der Waals surface area contributed by atoms with Crippen LogP contribution < -0.4 is 10.6 Å². The van der Waals surface area contributed by atoms with Gasteiger partial charge in [0, 0.05) is 23.1 Å². The fraction of sp³-hybridized carbons (Fsp3) is 0.133. The van der Waals surface area contributed by atoms with Crippen molar-refractivity contribution in [2.75, 3.05) is 17.2 Å². The molecule has 0 fully saturated rings. The van der Waals surface area contributed by atoms with Gasteiger partial charge in [-0.3, -0.25) is 4.79 Å². The Hall–Kier alpha value is -1.23.